The number of carbonyl (C=O) groups excluding carboxylic acids is 1. The van der Waals surface area contributed by atoms with Gasteiger partial charge in [0.05, 0.1) is 0 Å². The van der Waals surface area contributed by atoms with E-state index in [0.29, 0.717) is 0 Å². The second-order valence-electron chi connectivity index (χ2n) is 0.844. The molecule has 2 nitrogen and oxygen atoms in total. The smallest absolute Gasteiger partial charge is 0.862 e. The van der Waals surface area contributed by atoms with E-state index < -0.39 is 10.8 Å². The van der Waals surface area contributed by atoms with Gasteiger partial charge >= 0.3 is 29.6 Å². The third-order valence-corrected chi connectivity index (χ3v) is 0.575. The minimum absolute atomic E-state index is 0. The molecule has 0 aromatic heterocycles. The van der Waals surface area contributed by atoms with Crippen molar-refractivity contribution in [2.75, 3.05) is 0 Å². The van der Waals surface area contributed by atoms with Crippen molar-refractivity contribution in [3.63, 3.8) is 0 Å². The van der Waals surface area contributed by atoms with E-state index in [9.17, 15) is 9.90 Å². The number of carbonyl (C=O) groups is 1. The Labute approximate surface area is 69.2 Å². The predicted octanol–water partition coefficient (Wildman–Crippen LogP) is -3.73. The van der Waals surface area contributed by atoms with Crippen molar-refractivity contribution in [3.05, 3.63) is 0 Å². The van der Waals surface area contributed by atoms with Crippen LogP contribution in [0.15, 0.2) is 0 Å². The van der Waals surface area contributed by atoms with Gasteiger partial charge in [0.15, 0.2) is 5.78 Å². The Morgan fingerprint density at radius 3 is 1.86 bits per heavy atom. The molecule has 34 valence electrons. The first kappa shape index (κ1) is 10.5. The summed E-state index contributed by atoms with van der Waals surface area (Å²) in [5, 5.41) is 8.81. The molecule has 0 aliphatic carbocycles. The number of thiocarbonyl (C=S) groups is 1. The van der Waals surface area contributed by atoms with Gasteiger partial charge in [0.2, 0.25) is 0 Å². The first-order valence-electron chi connectivity index (χ1n) is 1.36. The van der Waals surface area contributed by atoms with Gasteiger partial charge in [-0.1, -0.05) is 12.2 Å². The number of hydrogen-bond acceptors (Lipinski definition) is 3. The first-order valence-corrected chi connectivity index (χ1v) is 1.77. The van der Waals surface area contributed by atoms with Crippen LogP contribution in [-0.4, -0.2) is 10.8 Å². The summed E-state index contributed by atoms with van der Waals surface area (Å²) in [5.41, 5.74) is 0. The molecule has 0 atom stereocenters. The molecule has 0 N–H and O–H groups in total. The van der Waals surface area contributed by atoms with Crippen molar-refractivity contribution in [2.24, 2.45) is 0 Å². The Morgan fingerprint density at radius 1 is 1.71 bits per heavy atom. The Balaban J connectivity index is 0. The van der Waals surface area contributed by atoms with Crippen LogP contribution < -0.4 is 34.7 Å². The summed E-state index contributed by atoms with van der Waals surface area (Å²) in [6.45, 7) is 1.15. The van der Waals surface area contributed by atoms with Crippen molar-refractivity contribution >= 4 is 23.1 Å². The van der Waals surface area contributed by atoms with Crippen LogP contribution in [0.1, 0.15) is 6.92 Å². The van der Waals surface area contributed by atoms with Crippen LogP contribution in [0, 0.1) is 0 Å². The topological polar surface area (TPSA) is 40.1 Å². The minimum atomic E-state index is -0.796. The minimum Gasteiger partial charge on any atom is -0.862 e. The zero-order valence-corrected chi connectivity index (χ0v) is 7.04. The summed E-state index contributed by atoms with van der Waals surface area (Å²) in [5.74, 6) is -0.565. The van der Waals surface area contributed by atoms with E-state index in [4.69, 9.17) is 0 Å². The van der Waals surface area contributed by atoms with Crippen LogP contribution in [0.2, 0.25) is 0 Å². The van der Waals surface area contributed by atoms with Gasteiger partial charge in [-0.3, -0.25) is 4.79 Å². The molecule has 0 fully saturated rings. The van der Waals surface area contributed by atoms with Gasteiger partial charge in [0.25, 0.3) is 0 Å². The van der Waals surface area contributed by atoms with E-state index in [1.165, 1.54) is 0 Å². The zero-order chi connectivity index (χ0) is 5.15. The van der Waals surface area contributed by atoms with Crippen molar-refractivity contribution in [1.82, 2.24) is 0 Å². The van der Waals surface area contributed by atoms with Gasteiger partial charge in [-0.15, -0.1) is 0 Å². The van der Waals surface area contributed by atoms with E-state index in [-0.39, 0.29) is 29.6 Å². The molecule has 7 heavy (non-hydrogen) atoms. The van der Waals surface area contributed by atoms with Crippen LogP contribution >= 0.6 is 12.2 Å². The number of rotatable bonds is 1. The fourth-order valence-corrected chi connectivity index (χ4v) is 0. The molecule has 0 saturated heterocycles. The van der Waals surface area contributed by atoms with Crippen LogP contribution in [0.5, 0.6) is 0 Å². The van der Waals surface area contributed by atoms with Gasteiger partial charge in [-0.05, 0) is 6.92 Å². The van der Waals surface area contributed by atoms with Gasteiger partial charge in [0.1, 0.15) is 0 Å². The predicted molar refractivity (Wildman–Crippen MR) is 23.3 cm³/mol. The maximum absolute atomic E-state index is 9.69. The summed E-state index contributed by atoms with van der Waals surface area (Å²) in [6.07, 6.45) is 0. The zero-order valence-electron chi connectivity index (χ0n) is 4.22. The summed E-state index contributed by atoms with van der Waals surface area (Å²) in [6, 6.07) is 0. The molecule has 0 aliphatic rings. The van der Waals surface area contributed by atoms with Gasteiger partial charge in [-0.2, -0.15) is 0 Å². The van der Waals surface area contributed by atoms with Crippen LogP contribution in [-0.2, 0) is 4.79 Å². The van der Waals surface area contributed by atoms with Crippen LogP contribution in [0.25, 0.3) is 0 Å². The van der Waals surface area contributed by atoms with E-state index in [0.717, 1.165) is 6.92 Å². The maximum Gasteiger partial charge on any atom is 1.00 e. The van der Waals surface area contributed by atoms with E-state index in [2.05, 4.69) is 12.2 Å². The molecule has 0 heterocycles. The molecule has 0 bridgehead atoms. The van der Waals surface area contributed by atoms with E-state index >= 15 is 0 Å². The summed E-state index contributed by atoms with van der Waals surface area (Å²) in [4.78, 5) is 9.69. The number of ketones is 1. The molecule has 0 amide bonds. The molecule has 0 aliphatic heterocycles. The molecular formula is C3H3NaO2S. The average molecular weight is 126 g/mol. The molecule has 0 rings (SSSR count). The van der Waals surface area contributed by atoms with Crippen molar-refractivity contribution < 1.29 is 39.5 Å². The van der Waals surface area contributed by atoms with Gasteiger partial charge in [0, 0.05) is 5.05 Å². The quantitative estimate of drug-likeness (QED) is 0.268. The van der Waals surface area contributed by atoms with Gasteiger partial charge < -0.3 is 5.11 Å². The fraction of sp³-hybridized carbons (Fsp3) is 0.333. The van der Waals surface area contributed by atoms with Crippen molar-refractivity contribution in [2.45, 2.75) is 6.92 Å². The Bertz CT molecular complexity index is 78.9. The first-order chi connectivity index (χ1) is 2.64. The third kappa shape index (κ3) is 6.56. The number of hydrogen-bond donors (Lipinski definition) is 0. The van der Waals surface area contributed by atoms with Gasteiger partial charge in [-0.25, -0.2) is 0 Å². The molecular weight excluding hydrogens is 123 g/mol. The largest absolute Gasteiger partial charge is 1.00 e. The Morgan fingerprint density at radius 2 is 1.86 bits per heavy atom. The van der Waals surface area contributed by atoms with Crippen LogP contribution in [0.3, 0.4) is 0 Å². The Kier molecular flexibility index (Phi) is 7.08. The molecule has 0 radical (unpaired) electrons. The van der Waals surface area contributed by atoms with Crippen molar-refractivity contribution in [1.29, 1.82) is 0 Å². The second-order valence-corrected chi connectivity index (χ2v) is 1.21. The number of Topliss-reactive ketones (excluding diaryl/α,β-unsaturated/α-hetero) is 1. The molecule has 0 aromatic rings. The van der Waals surface area contributed by atoms with Crippen molar-refractivity contribution in [3.8, 4) is 0 Å². The molecule has 0 aromatic carbocycles. The summed E-state index contributed by atoms with van der Waals surface area (Å²) >= 11 is 3.91. The third-order valence-electron chi connectivity index (χ3n) is 0.287. The summed E-state index contributed by atoms with van der Waals surface area (Å²) < 4.78 is 0. The van der Waals surface area contributed by atoms with E-state index in [1.807, 2.05) is 0 Å². The molecule has 0 saturated carbocycles. The second kappa shape index (κ2) is 4.71. The SMILES string of the molecule is CC(=O)C([O-])=S.[Na+]. The average Bonchev–Trinajstić information content (AvgIpc) is 1.36. The molecule has 0 unspecified atom stereocenters. The Hall–Kier alpha value is 0.560. The monoisotopic (exact) mass is 126 g/mol. The summed E-state index contributed by atoms with van der Waals surface area (Å²) in [7, 11) is 0. The fourth-order valence-electron chi connectivity index (χ4n) is 0. The maximum atomic E-state index is 9.69. The normalized spacial score (nSPS) is 6.43. The standard InChI is InChI=1S/C3H4O2S.Na/c1-2(4)3(5)6;/h1H3,(H,5,6);/q;+1/p-1. The van der Waals surface area contributed by atoms with Crippen LogP contribution in [0.4, 0.5) is 0 Å². The van der Waals surface area contributed by atoms with E-state index in [1.54, 1.807) is 0 Å². The molecule has 4 heteroatoms. The molecule has 0 spiro atoms.